The van der Waals surface area contributed by atoms with Gasteiger partial charge in [-0.25, -0.2) is 0 Å². The molecule has 9 heteroatoms. The van der Waals surface area contributed by atoms with Crippen LogP contribution in [0.4, 0.5) is 5.69 Å². The van der Waals surface area contributed by atoms with E-state index >= 15 is 0 Å². The van der Waals surface area contributed by atoms with Gasteiger partial charge in [-0.05, 0) is 12.1 Å². The maximum absolute atomic E-state index is 12.3. The lowest BCUT2D eigenvalue weighted by Gasteiger charge is -2.32. The van der Waals surface area contributed by atoms with E-state index in [9.17, 15) is 13.6 Å². The number of anilines is 1. The van der Waals surface area contributed by atoms with Crippen molar-refractivity contribution in [1.82, 2.24) is 4.90 Å². The summed E-state index contributed by atoms with van der Waals surface area (Å²) in [7, 11) is 2.91. The van der Waals surface area contributed by atoms with Crippen molar-refractivity contribution in [1.29, 1.82) is 0 Å². The molecule has 1 unspecified atom stereocenters. The number of hydrogen-bond donors (Lipinski definition) is 0. The molecule has 1 aromatic carbocycles. The lowest BCUT2D eigenvalue weighted by Crippen LogP contribution is -2.46. The fourth-order valence-electron chi connectivity index (χ4n) is 2.25. The minimum Gasteiger partial charge on any atom is -0.755 e. The van der Waals surface area contributed by atoms with Gasteiger partial charge in [0.1, 0.15) is 18.0 Å². The van der Waals surface area contributed by atoms with Crippen LogP contribution < -0.4 is 13.8 Å². The monoisotopic (exact) mass is 343 g/mol. The third-order valence-electron chi connectivity index (χ3n) is 3.48. The summed E-state index contributed by atoms with van der Waals surface area (Å²) in [4.78, 5) is 13.9. The number of benzene rings is 1. The summed E-state index contributed by atoms with van der Waals surface area (Å²) >= 11 is -2.63. The van der Waals surface area contributed by atoms with E-state index in [1.54, 1.807) is 17.0 Å². The number of amides is 1. The first kappa shape index (κ1) is 17.5. The summed E-state index contributed by atoms with van der Waals surface area (Å²) in [5.41, 5.74) is 0.252. The molecule has 1 aromatic rings. The molecule has 0 N–H and O–H groups in total. The number of carbonyl (C=O) groups excluding carboxylic acids is 1. The van der Waals surface area contributed by atoms with Crippen molar-refractivity contribution in [3.8, 4) is 11.5 Å². The number of nitrogens with zero attached hydrogens (tertiary/aromatic N) is 2. The first-order chi connectivity index (χ1) is 11.1. The second-order valence-corrected chi connectivity index (χ2v) is 5.66. The number of morpholine rings is 1. The minimum atomic E-state index is -2.63. The van der Waals surface area contributed by atoms with E-state index in [4.69, 9.17) is 14.2 Å². The Morgan fingerprint density at radius 2 is 2.04 bits per heavy atom. The Balaban J connectivity index is 2.24. The maximum Gasteiger partial charge on any atom is 0.243 e. The van der Waals surface area contributed by atoms with E-state index in [0.717, 1.165) is 4.31 Å². The summed E-state index contributed by atoms with van der Waals surface area (Å²) in [5.74, 6) is 0.516. The third kappa shape index (κ3) is 4.34. The molecule has 1 aliphatic rings. The zero-order valence-electron chi connectivity index (χ0n) is 13.0. The molecule has 1 aliphatic heterocycles. The van der Waals surface area contributed by atoms with Crippen LogP contribution in [0.3, 0.4) is 0 Å². The number of hydrogen-bond acceptors (Lipinski definition) is 6. The van der Waals surface area contributed by atoms with Crippen LogP contribution in [-0.4, -0.2) is 66.6 Å². The van der Waals surface area contributed by atoms with E-state index < -0.39 is 11.3 Å². The van der Waals surface area contributed by atoms with E-state index in [2.05, 4.69) is 0 Å². The van der Waals surface area contributed by atoms with Gasteiger partial charge >= 0.3 is 0 Å². The zero-order valence-corrected chi connectivity index (χ0v) is 13.8. The fraction of sp³-hybridized carbons (Fsp3) is 0.500. The molecule has 128 valence electrons. The van der Waals surface area contributed by atoms with Crippen molar-refractivity contribution in [3.05, 3.63) is 18.2 Å². The molecule has 0 aliphatic carbocycles. The second-order valence-electron chi connectivity index (χ2n) is 4.78. The van der Waals surface area contributed by atoms with Crippen LogP contribution in [0.2, 0.25) is 0 Å². The molecule has 0 radical (unpaired) electrons. The van der Waals surface area contributed by atoms with Crippen LogP contribution in [0.15, 0.2) is 18.2 Å². The third-order valence-corrected chi connectivity index (χ3v) is 4.16. The summed E-state index contributed by atoms with van der Waals surface area (Å²) < 4.78 is 39.7. The molecular formula is C14H19N2O6S-. The molecule has 0 bridgehead atoms. The number of carbonyl (C=O) groups is 1. The molecule has 1 atom stereocenters. The van der Waals surface area contributed by atoms with Gasteiger partial charge in [0.05, 0.1) is 33.1 Å². The minimum absolute atomic E-state index is 0.252. The molecule has 1 amide bonds. The Kier molecular flexibility index (Phi) is 6.20. The van der Waals surface area contributed by atoms with Crippen molar-refractivity contribution in [2.24, 2.45) is 0 Å². The molecule has 1 saturated heterocycles. The number of ether oxygens (including phenoxy) is 3. The van der Waals surface area contributed by atoms with Crippen molar-refractivity contribution >= 4 is 22.9 Å². The molecule has 23 heavy (non-hydrogen) atoms. The Bertz CT molecular complexity index is 576. The average Bonchev–Trinajstić information content (AvgIpc) is 2.59. The first-order valence-electron chi connectivity index (χ1n) is 7.01. The molecule has 1 heterocycles. The first-order valence-corrected chi connectivity index (χ1v) is 8.04. The van der Waals surface area contributed by atoms with Crippen LogP contribution in [0.5, 0.6) is 11.5 Å². The van der Waals surface area contributed by atoms with Crippen molar-refractivity contribution < 1.29 is 27.8 Å². The maximum atomic E-state index is 12.3. The highest BCUT2D eigenvalue weighted by molar-refractivity contribution is 7.80. The fourth-order valence-corrected chi connectivity index (χ4v) is 2.76. The van der Waals surface area contributed by atoms with Gasteiger partial charge in [0.2, 0.25) is 5.91 Å². The number of rotatable bonds is 6. The quantitative estimate of drug-likeness (QED) is 0.684. The molecule has 8 nitrogen and oxygen atoms in total. The summed E-state index contributed by atoms with van der Waals surface area (Å²) in [5, 5.41) is 0. The SMILES string of the molecule is COc1ccc(OC)c(N(CC(=O)N2CCOCC2)S(=O)[O-])c1. The predicted molar refractivity (Wildman–Crippen MR) is 83.2 cm³/mol. The summed E-state index contributed by atoms with van der Waals surface area (Å²) in [6, 6.07) is 4.76. The highest BCUT2D eigenvalue weighted by Crippen LogP contribution is 2.33. The van der Waals surface area contributed by atoms with Gasteiger partial charge in [-0.15, -0.1) is 0 Å². The van der Waals surface area contributed by atoms with Gasteiger partial charge < -0.3 is 23.7 Å². The normalized spacial score (nSPS) is 15.9. The van der Waals surface area contributed by atoms with E-state index in [1.807, 2.05) is 0 Å². The largest absolute Gasteiger partial charge is 0.755 e. The van der Waals surface area contributed by atoms with Gasteiger partial charge in [0.15, 0.2) is 0 Å². The summed E-state index contributed by atoms with van der Waals surface area (Å²) in [6.07, 6.45) is 0. The second kappa shape index (κ2) is 8.14. The Morgan fingerprint density at radius 3 is 2.61 bits per heavy atom. The van der Waals surface area contributed by atoms with Crippen LogP contribution in [-0.2, 0) is 20.8 Å². The van der Waals surface area contributed by atoms with E-state index in [0.29, 0.717) is 37.8 Å². The van der Waals surface area contributed by atoms with Crippen molar-refractivity contribution in [2.45, 2.75) is 0 Å². The summed E-state index contributed by atoms with van der Waals surface area (Å²) in [6.45, 7) is 1.50. The van der Waals surface area contributed by atoms with E-state index in [1.165, 1.54) is 20.3 Å². The van der Waals surface area contributed by atoms with Gasteiger partial charge in [-0.1, -0.05) is 0 Å². The van der Waals surface area contributed by atoms with Crippen molar-refractivity contribution in [3.63, 3.8) is 0 Å². The van der Waals surface area contributed by atoms with Crippen LogP contribution >= 0.6 is 0 Å². The average molecular weight is 343 g/mol. The molecule has 1 fully saturated rings. The van der Waals surface area contributed by atoms with Gasteiger partial charge in [-0.2, -0.15) is 0 Å². The molecule has 0 spiro atoms. The van der Waals surface area contributed by atoms with Crippen LogP contribution in [0.1, 0.15) is 0 Å². The highest BCUT2D eigenvalue weighted by atomic mass is 32.2. The molecule has 0 saturated carbocycles. The molecular weight excluding hydrogens is 324 g/mol. The zero-order chi connectivity index (χ0) is 16.8. The van der Waals surface area contributed by atoms with Crippen LogP contribution in [0.25, 0.3) is 0 Å². The Labute approximate surface area is 137 Å². The predicted octanol–water partition coefficient (Wildman–Crippen LogP) is 0.163. The number of methoxy groups -OCH3 is 2. The Hall–Kier alpha value is -1.84. The lowest BCUT2D eigenvalue weighted by atomic mass is 10.2. The lowest BCUT2D eigenvalue weighted by molar-refractivity contribution is -0.133. The van der Waals surface area contributed by atoms with Gasteiger partial charge in [0.25, 0.3) is 0 Å². The van der Waals surface area contributed by atoms with Crippen LogP contribution in [0, 0.1) is 0 Å². The smallest absolute Gasteiger partial charge is 0.243 e. The van der Waals surface area contributed by atoms with Crippen molar-refractivity contribution in [2.75, 3.05) is 51.4 Å². The van der Waals surface area contributed by atoms with E-state index in [-0.39, 0.29) is 18.1 Å². The Morgan fingerprint density at radius 1 is 1.35 bits per heavy atom. The topological polar surface area (TPSA) is 91.4 Å². The van der Waals surface area contributed by atoms with Gasteiger partial charge in [0, 0.05) is 30.4 Å². The molecule has 0 aromatic heterocycles. The molecule has 2 rings (SSSR count). The van der Waals surface area contributed by atoms with Gasteiger partial charge in [-0.3, -0.25) is 13.3 Å². The standard InChI is InChI=1S/C14H20N2O6S/c1-20-11-3-4-13(21-2)12(9-11)16(23(18)19)10-14(17)15-5-7-22-8-6-15/h3-4,9H,5-8,10H2,1-2H3,(H,18,19)/p-1. The highest BCUT2D eigenvalue weighted by Gasteiger charge is 2.22.